The summed E-state index contributed by atoms with van der Waals surface area (Å²) >= 11 is 3.10. The average Bonchev–Trinajstić information content (AvgIpc) is 2.72. The van der Waals surface area contributed by atoms with Crippen LogP contribution in [0.3, 0.4) is 0 Å². The van der Waals surface area contributed by atoms with Gasteiger partial charge in [0.15, 0.2) is 0 Å². The summed E-state index contributed by atoms with van der Waals surface area (Å²) in [4.78, 5) is 26.2. The molecule has 1 aromatic heterocycles. The fourth-order valence-corrected chi connectivity index (χ4v) is 3.55. The lowest BCUT2D eigenvalue weighted by molar-refractivity contribution is 0.996. The minimum Gasteiger partial charge on any atom is -0.372 e. The van der Waals surface area contributed by atoms with Crippen molar-refractivity contribution in [3.8, 4) is 11.4 Å². The molecule has 0 aliphatic rings. The van der Waals surface area contributed by atoms with E-state index in [0.29, 0.717) is 22.2 Å². The van der Waals surface area contributed by atoms with Crippen LogP contribution < -0.4 is 10.9 Å². The zero-order valence-electron chi connectivity index (χ0n) is 15.3. The molecule has 138 valence electrons. The molecule has 0 radical (unpaired) electrons. The van der Waals surface area contributed by atoms with E-state index in [9.17, 15) is 4.79 Å². The van der Waals surface area contributed by atoms with Crippen LogP contribution in [0.1, 0.15) is 5.56 Å². The van der Waals surface area contributed by atoms with Gasteiger partial charge >= 0.3 is 0 Å². The van der Waals surface area contributed by atoms with Crippen molar-refractivity contribution in [3.63, 3.8) is 0 Å². The molecule has 0 unspecified atom stereocenters. The summed E-state index contributed by atoms with van der Waals surface area (Å²) in [7, 11) is 1.75. The standard InChI is InChI=1S/C20H20N4OS2/c1-21-18(22-14-9-11-15(26-2)12-10-14)16-19(25)23-17(24-20(16)27-3)13-7-5-4-6-8-13/h4-12H,1-3H3,(H,21,22)(H,23,24,25). The molecule has 0 saturated heterocycles. The van der Waals surface area contributed by atoms with Crippen LogP contribution in [0.15, 0.2) is 74.3 Å². The van der Waals surface area contributed by atoms with E-state index in [1.807, 2.05) is 67.1 Å². The largest absolute Gasteiger partial charge is 0.372 e. The number of aliphatic imine (C=N–C) groups is 1. The van der Waals surface area contributed by atoms with Crippen LogP contribution in [0.2, 0.25) is 0 Å². The van der Waals surface area contributed by atoms with Gasteiger partial charge in [-0.05, 0) is 36.8 Å². The van der Waals surface area contributed by atoms with Crippen LogP contribution >= 0.6 is 23.5 Å². The normalized spacial score (nSPS) is 11.4. The van der Waals surface area contributed by atoms with E-state index in [-0.39, 0.29) is 5.56 Å². The van der Waals surface area contributed by atoms with Crippen molar-refractivity contribution in [2.24, 2.45) is 4.99 Å². The molecule has 0 saturated carbocycles. The molecular weight excluding hydrogens is 376 g/mol. The zero-order valence-corrected chi connectivity index (χ0v) is 16.9. The first-order valence-electron chi connectivity index (χ1n) is 8.31. The number of H-pyrrole nitrogens is 1. The zero-order chi connectivity index (χ0) is 19.2. The van der Waals surface area contributed by atoms with Gasteiger partial charge in [0.1, 0.15) is 22.2 Å². The predicted molar refractivity (Wildman–Crippen MR) is 116 cm³/mol. The van der Waals surface area contributed by atoms with Gasteiger partial charge in [0.05, 0.1) is 5.69 Å². The highest BCUT2D eigenvalue weighted by molar-refractivity contribution is 7.98. The van der Waals surface area contributed by atoms with Crippen molar-refractivity contribution in [2.45, 2.75) is 9.92 Å². The van der Waals surface area contributed by atoms with Crippen molar-refractivity contribution in [2.75, 3.05) is 19.6 Å². The smallest absolute Gasteiger partial charge is 0.263 e. The van der Waals surface area contributed by atoms with Crippen molar-refractivity contribution in [1.82, 2.24) is 15.3 Å². The Morgan fingerprint density at radius 2 is 1.74 bits per heavy atom. The quantitative estimate of drug-likeness (QED) is 0.293. The first-order valence-corrected chi connectivity index (χ1v) is 10.8. The SMILES string of the molecule is CNC(=Nc1ccc(SC)cc1)c1c(SC)nc(-c2ccccc2)[nH]c1=O. The molecule has 7 heteroatoms. The van der Waals surface area contributed by atoms with Crippen LogP contribution in [0.4, 0.5) is 5.69 Å². The average molecular weight is 397 g/mol. The van der Waals surface area contributed by atoms with E-state index < -0.39 is 0 Å². The molecule has 3 rings (SSSR count). The van der Waals surface area contributed by atoms with E-state index in [1.54, 1.807) is 18.8 Å². The number of aromatic nitrogens is 2. The lowest BCUT2D eigenvalue weighted by atomic mass is 10.2. The molecule has 0 fully saturated rings. The van der Waals surface area contributed by atoms with Gasteiger partial charge in [0.25, 0.3) is 5.56 Å². The maximum absolute atomic E-state index is 12.9. The maximum Gasteiger partial charge on any atom is 0.263 e. The fraction of sp³-hybridized carbons (Fsp3) is 0.150. The lowest BCUT2D eigenvalue weighted by Crippen LogP contribution is -2.29. The Kier molecular flexibility index (Phi) is 6.36. The molecule has 0 amide bonds. The molecule has 3 aromatic rings. The van der Waals surface area contributed by atoms with Gasteiger partial charge < -0.3 is 10.3 Å². The minimum atomic E-state index is -0.220. The Balaban J connectivity index is 2.08. The van der Waals surface area contributed by atoms with Gasteiger partial charge in [-0.25, -0.2) is 9.98 Å². The monoisotopic (exact) mass is 396 g/mol. The molecule has 0 aliphatic carbocycles. The number of rotatable bonds is 5. The Morgan fingerprint density at radius 1 is 1.04 bits per heavy atom. The molecular formula is C20H20N4OS2. The number of aromatic amines is 1. The molecule has 2 aromatic carbocycles. The molecule has 0 spiro atoms. The van der Waals surface area contributed by atoms with Crippen LogP contribution in [0.25, 0.3) is 11.4 Å². The third kappa shape index (κ3) is 4.43. The van der Waals surface area contributed by atoms with Gasteiger partial charge in [-0.15, -0.1) is 23.5 Å². The minimum absolute atomic E-state index is 0.220. The number of nitrogens with zero attached hydrogens (tertiary/aromatic N) is 2. The Morgan fingerprint density at radius 3 is 2.33 bits per heavy atom. The number of thioether (sulfide) groups is 2. The molecule has 0 atom stereocenters. The summed E-state index contributed by atoms with van der Waals surface area (Å²) in [5, 5.41) is 3.67. The Bertz CT molecular complexity index is 999. The van der Waals surface area contributed by atoms with Crippen LogP contribution in [-0.4, -0.2) is 35.4 Å². The highest BCUT2D eigenvalue weighted by Gasteiger charge is 2.17. The van der Waals surface area contributed by atoms with Gasteiger partial charge in [-0.1, -0.05) is 30.3 Å². The number of hydrogen-bond acceptors (Lipinski definition) is 5. The fourth-order valence-electron chi connectivity index (χ4n) is 2.56. The topological polar surface area (TPSA) is 70.1 Å². The van der Waals surface area contributed by atoms with Crippen LogP contribution in [-0.2, 0) is 0 Å². The van der Waals surface area contributed by atoms with E-state index >= 15 is 0 Å². The van der Waals surface area contributed by atoms with E-state index in [2.05, 4.69) is 20.3 Å². The molecule has 27 heavy (non-hydrogen) atoms. The number of hydrogen-bond donors (Lipinski definition) is 2. The second kappa shape index (κ2) is 8.92. The van der Waals surface area contributed by atoms with Crippen molar-refractivity contribution < 1.29 is 0 Å². The van der Waals surface area contributed by atoms with Gasteiger partial charge in [0, 0.05) is 17.5 Å². The maximum atomic E-state index is 12.9. The van der Waals surface area contributed by atoms with Crippen molar-refractivity contribution in [3.05, 3.63) is 70.5 Å². The molecule has 0 bridgehead atoms. The molecule has 5 nitrogen and oxygen atoms in total. The lowest BCUT2D eigenvalue weighted by Gasteiger charge is -2.11. The summed E-state index contributed by atoms with van der Waals surface area (Å²) in [6, 6.07) is 17.5. The third-order valence-corrected chi connectivity index (χ3v) is 5.34. The van der Waals surface area contributed by atoms with E-state index in [4.69, 9.17) is 0 Å². The van der Waals surface area contributed by atoms with Crippen LogP contribution in [0.5, 0.6) is 0 Å². The number of benzene rings is 2. The highest BCUT2D eigenvalue weighted by Crippen LogP contribution is 2.23. The molecule has 2 N–H and O–H groups in total. The van der Waals surface area contributed by atoms with Crippen LogP contribution in [0, 0.1) is 0 Å². The highest BCUT2D eigenvalue weighted by atomic mass is 32.2. The van der Waals surface area contributed by atoms with Crippen molar-refractivity contribution in [1.29, 1.82) is 0 Å². The summed E-state index contributed by atoms with van der Waals surface area (Å²) in [5.41, 5.74) is 1.86. The summed E-state index contributed by atoms with van der Waals surface area (Å²) < 4.78 is 0. The first kappa shape index (κ1) is 19.3. The first-order chi connectivity index (χ1) is 13.2. The number of nitrogens with one attached hydrogen (secondary N) is 2. The molecule has 1 heterocycles. The van der Waals surface area contributed by atoms with Gasteiger partial charge in [-0.3, -0.25) is 4.79 Å². The molecule has 0 aliphatic heterocycles. The van der Waals surface area contributed by atoms with Gasteiger partial charge in [0.2, 0.25) is 0 Å². The summed E-state index contributed by atoms with van der Waals surface area (Å²) in [5.74, 6) is 1.04. The second-order valence-corrected chi connectivity index (χ2v) is 7.25. The summed E-state index contributed by atoms with van der Waals surface area (Å²) in [6.45, 7) is 0. The third-order valence-electron chi connectivity index (χ3n) is 3.91. The second-order valence-electron chi connectivity index (χ2n) is 5.57. The van der Waals surface area contributed by atoms with Crippen molar-refractivity contribution >= 4 is 35.0 Å². The van der Waals surface area contributed by atoms with E-state index in [1.165, 1.54) is 11.8 Å². The number of amidine groups is 1. The Hall–Kier alpha value is -2.51. The van der Waals surface area contributed by atoms with E-state index in [0.717, 1.165) is 16.1 Å². The Labute approximate surface area is 166 Å². The summed E-state index contributed by atoms with van der Waals surface area (Å²) in [6.07, 6.45) is 3.93. The predicted octanol–water partition coefficient (Wildman–Crippen LogP) is 4.18. The van der Waals surface area contributed by atoms with Gasteiger partial charge in [-0.2, -0.15) is 0 Å².